The number of aliphatic carboxylic acids is 2. The van der Waals surface area contributed by atoms with Crippen LogP contribution in [0.15, 0.2) is 60.8 Å². The number of carboxylic acids is 2. The molecule has 0 aliphatic rings. The largest absolute Gasteiger partial charge is 0.481 e. The fourth-order valence-corrected chi connectivity index (χ4v) is 11.6. The molecule has 2 aromatic carbocycles. The zero-order chi connectivity index (χ0) is 82.7. The van der Waals surface area contributed by atoms with E-state index >= 15 is 0 Å². The first-order valence-electron chi connectivity index (χ1n) is 37.2. The Balaban J connectivity index is 1.90. The summed E-state index contributed by atoms with van der Waals surface area (Å²) in [6, 6.07) is -2.91. The van der Waals surface area contributed by atoms with Crippen LogP contribution in [0.4, 0.5) is 0 Å². The first kappa shape index (κ1) is 94.0. The van der Waals surface area contributed by atoms with E-state index in [9.17, 15) is 92.3 Å². The number of para-hydroxylation sites is 1. The van der Waals surface area contributed by atoms with Crippen LogP contribution in [-0.2, 0) is 84.8 Å². The van der Waals surface area contributed by atoms with Crippen LogP contribution in [0.2, 0.25) is 0 Å². The lowest BCUT2D eigenvalue weighted by Crippen LogP contribution is -2.64. The van der Waals surface area contributed by atoms with Gasteiger partial charge in [-0.1, -0.05) is 123 Å². The Kier molecular flexibility index (Phi) is 40.2. The summed E-state index contributed by atoms with van der Waals surface area (Å²) in [6.45, 7) is 12.8. The van der Waals surface area contributed by atoms with Crippen molar-refractivity contribution in [3.63, 3.8) is 0 Å². The molecule has 12 atom stereocenters. The number of hydrogen-bond acceptors (Lipinski definition) is 20. The first-order chi connectivity index (χ1) is 51.9. The number of H-pyrrole nitrogens is 1. The molecule has 36 nitrogen and oxygen atoms in total. The number of likely N-dealkylation sites (N-methyl/N-ethyl adjacent to an activating group) is 1. The molecule has 23 N–H and O–H groups in total. The fourth-order valence-electron chi connectivity index (χ4n) is 11.6. The molecule has 13 amide bonds. The molecule has 612 valence electrons. The van der Waals surface area contributed by atoms with E-state index in [-0.39, 0.29) is 64.1 Å². The molecule has 110 heavy (non-hydrogen) atoms. The van der Waals surface area contributed by atoms with Crippen molar-refractivity contribution < 1.29 is 92.3 Å². The number of aliphatic hydroxyl groups excluding tert-OH is 2. The number of nitrogens with one attached hydrogen (secondary N) is 13. The summed E-state index contributed by atoms with van der Waals surface area (Å²) in [6.07, 6.45) is 3.78. The lowest BCUT2D eigenvalue weighted by Gasteiger charge is -2.33. The summed E-state index contributed by atoms with van der Waals surface area (Å²) in [5.41, 5.74) is 17.5. The second kappa shape index (κ2) is 47.0. The highest BCUT2D eigenvalue weighted by Gasteiger charge is 2.41. The average molecular weight is 1550 g/mol. The number of carbonyl (C=O) groups excluding carboxylic acids is 13. The number of aromatic amines is 1. The summed E-state index contributed by atoms with van der Waals surface area (Å²) in [5.74, 6) is -16.3. The van der Waals surface area contributed by atoms with Crippen LogP contribution >= 0.6 is 0 Å². The minimum Gasteiger partial charge on any atom is -0.481 e. The number of unbranched alkanes of at least 4 members (excludes halogenated alkanes) is 4. The number of carboxylic acid groups (broad SMARTS) is 2. The van der Waals surface area contributed by atoms with Crippen LogP contribution in [0.3, 0.4) is 0 Å². The molecule has 0 aliphatic heterocycles. The predicted octanol–water partition coefficient (Wildman–Crippen LogP) is -2.66. The second-order valence-electron chi connectivity index (χ2n) is 28.7. The zero-order valence-electron chi connectivity index (χ0n) is 64.8. The van der Waals surface area contributed by atoms with Crippen LogP contribution in [0.5, 0.6) is 0 Å². The lowest BCUT2D eigenvalue weighted by atomic mass is 9.98. The molecule has 0 aliphatic carbocycles. The Morgan fingerprint density at radius 3 is 1.45 bits per heavy atom. The van der Waals surface area contributed by atoms with Crippen LogP contribution in [0, 0.1) is 17.8 Å². The molecule has 0 radical (unpaired) electrons. The van der Waals surface area contributed by atoms with Crippen LogP contribution in [-0.4, -0.2) is 237 Å². The van der Waals surface area contributed by atoms with E-state index in [2.05, 4.69) is 75.7 Å². The molecule has 0 spiro atoms. The van der Waals surface area contributed by atoms with Gasteiger partial charge in [0.25, 0.3) is 0 Å². The number of aromatic nitrogens is 1. The minimum atomic E-state index is -1.88. The summed E-state index contributed by atoms with van der Waals surface area (Å²) in [4.78, 5) is 210. The predicted molar refractivity (Wildman–Crippen MR) is 405 cm³/mol. The average Bonchev–Trinajstić information content (AvgIpc) is 1.40. The summed E-state index contributed by atoms with van der Waals surface area (Å²) in [7, 11) is 1.22. The Bertz CT molecular complexity index is 3590. The van der Waals surface area contributed by atoms with Gasteiger partial charge < -0.3 is 111 Å². The van der Waals surface area contributed by atoms with Crippen LogP contribution in [0.25, 0.3) is 10.9 Å². The minimum absolute atomic E-state index is 0.0850. The monoisotopic (exact) mass is 1550 g/mol. The van der Waals surface area contributed by atoms with Crippen molar-refractivity contribution >= 4 is 99.6 Å². The zero-order valence-corrected chi connectivity index (χ0v) is 64.8. The Morgan fingerprint density at radius 2 is 0.900 bits per heavy atom. The van der Waals surface area contributed by atoms with E-state index in [1.54, 1.807) is 102 Å². The fraction of sp³-hybridized carbons (Fsp3) is 0.608. The molecule has 0 saturated carbocycles. The van der Waals surface area contributed by atoms with Gasteiger partial charge >= 0.3 is 11.9 Å². The first-order valence-corrected chi connectivity index (χ1v) is 37.2. The maximum Gasteiger partial charge on any atom is 0.325 e. The van der Waals surface area contributed by atoms with Gasteiger partial charge in [0.15, 0.2) is 0 Å². The number of hydrogen-bond donors (Lipinski definition) is 20. The van der Waals surface area contributed by atoms with Crippen molar-refractivity contribution in [3.8, 4) is 0 Å². The molecule has 3 aromatic rings. The van der Waals surface area contributed by atoms with Gasteiger partial charge in [-0.15, -0.1) is 0 Å². The molecular formula is C74H117N17O19. The van der Waals surface area contributed by atoms with Crippen molar-refractivity contribution in [2.24, 2.45) is 35.0 Å². The van der Waals surface area contributed by atoms with Gasteiger partial charge in [-0.3, -0.25) is 71.9 Å². The van der Waals surface area contributed by atoms with Crippen molar-refractivity contribution in [2.45, 2.75) is 231 Å². The van der Waals surface area contributed by atoms with Gasteiger partial charge in [-0.2, -0.15) is 0 Å². The maximum absolute atomic E-state index is 14.8. The second-order valence-corrected chi connectivity index (χ2v) is 28.7. The third-order valence-corrected chi connectivity index (χ3v) is 18.3. The number of carbonyl (C=O) groups is 15. The van der Waals surface area contributed by atoms with E-state index in [0.717, 1.165) is 30.6 Å². The molecular weight excluding hydrogens is 1430 g/mol. The van der Waals surface area contributed by atoms with E-state index in [4.69, 9.17) is 17.2 Å². The molecule has 36 heteroatoms. The van der Waals surface area contributed by atoms with Crippen molar-refractivity contribution in [2.75, 3.05) is 39.9 Å². The van der Waals surface area contributed by atoms with Gasteiger partial charge in [0.1, 0.15) is 78.0 Å². The highest BCUT2D eigenvalue weighted by Crippen LogP contribution is 2.21. The molecule has 0 unspecified atom stereocenters. The van der Waals surface area contributed by atoms with Gasteiger partial charge in [0.05, 0.1) is 13.2 Å². The van der Waals surface area contributed by atoms with Crippen molar-refractivity contribution in [1.82, 2.24) is 73.7 Å². The van der Waals surface area contributed by atoms with E-state index in [1.165, 1.54) is 27.8 Å². The van der Waals surface area contributed by atoms with Crippen LogP contribution < -0.4 is 81.0 Å². The summed E-state index contributed by atoms with van der Waals surface area (Å²) in [5, 5.41) is 71.2. The van der Waals surface area contributed by atoms with E-state index in [1.807, 2.05) is 0 Å². The molecule has 3 rings (SSSR count). The third kappa shape index (κ3) is 30.4. The Labute approximate surface area is 640 Å². The topological polar surface area (TPSA) is 578 Å². The van der Waals surface area contributed by atoms with E-state index < -0.39 is 205 Å². The molecule has 1 aromatic heterocycles. The van der Waals surface area contributed by atoms with Gasteiger partial charge in [0.2, 0.25) is 76.8 Å². The van der Waals surface area contributed by atoms with Gasteiger partial charge in [-0.25, -0.2) is 0 Å². The number of benzene rings is 2. The Morgan fingerprint density at radius 1 is 0.464 bits per heavy atom. The molecule has 0 fully saturated rings. The van der Waals surface area contributed by atoms with Crippen LogP contribution in [0.1, 0.15) is 151 Å². The highest BCUT2D eigenvalue weighted by atomic mass is 16.4. The van der Waals surface area contributed by atoms with Gasteiger partial charge in [0, 0.05) is 49.8 Å². The lowest BCUT2D eigenvalue weighted by molar-refractivity contribution is -0.143. The number of fused-ring (bicyclic) bond motifs is 1. The van der Waals surface area contributed by atoms with Crippen molar-refractivity contribution in [3.05, 3.63) is 71.9 Å². The Hall–Kier alpha value is -10.2. The van der Waals surface area contributed by atoms with Crippen molar-refractivity contribution in [1.29, 1.82) is 0 Å². The number of rotatable bonds is 50. The maximum atomic E-state index is 14.8. The SMILES string of the molecule is CCCCCCCC(=O)N[C@@H](C(=O)N[C@H](CCN)C(=O)NC(C)(C)C(=O)N[C@H](CO)C(=O)N[C@H](Cc1c[nH]c2ccccc12)C(=O)N[C@@H](CO)C(=O)N[C@@H](CCN)C(=O)N[C@H](CCN)C(=O)N(C)[C@@H](Cc1ccccc1)C(=O)N[C@@H](CCC(=O)O)C(=O)N[C@H](C(=O)N[C@@H](C(=O)N[C@@H](C)C(=O)O)C(C)C)C(C)C)C(C)C. The highest BCUT2D eigenvalue weighted by molar-refractivity contribution is 6.01. The quantitative estimate of drug-likeness (QED) is 0.0257. The molecule has 1 heterocycles. The molecule has 0 bridgehead atoms. The summed E-state index contributed by atoms with van der Waals surface area (Å²) < 4.78 is 0. The third-order valence-electron chi connectivity index (χ3n) is 18.3. The number of nitrogens with zero attached hydrogens (tertiary/aromatic N) is 1. The molecule has 0 saturated heterocycles. The van der Waals surface area contributed by atoms with Gasteiger partial charge in [-0.05, 0) is 107 Å². The number of aliphatic hydroxyl groups is 2. The summed E-state index contributed by atoms with van der Waals surface area (Å²) >= 11 is 0. The normalized spacial score (nSPS) is 14.7. The smallest absolute Gasteiger partial charge is 0.325 e. The standard InChI is InChI=1S/C74H117N17O19/c1-12-13-14-15-19-26-56(94)87-58(40(2)3)69(105)82-50(30-33-76)66(102)90-74(9,10)73(110)86-54(39-93)65(101)84-52(36-45-37-78-47-25-21-20-24-46(45)47)63(99)85-53(38-92)64(100)80-49(29-32-75)61(97)83-51(31-34-77)71(107)91(11)55(35-44-22-17-16-18-23-44)67(103)81-48(27-28-57(95)96)62(98)88-60(42(6)7)70(106)89-59(41(4)5)68(104)79-43(8)72(108)109/h16-18,20-25,37,40-43,48-55,58-60,78,92-93H,12-15,19,26-36,38-39,75-77H2,1-11H3,(H,79,104)(H,80,100)(H,81,103)(H,82,105)(H,83,97)(H,84,101)(H,85,99)(H,86,110)(H,87,94)(H,88,98)(H,89,106)(H,90,102)(H,95,96)(H,108,109)/t43-,48-,49-,50+,51+,52+,53-,54+,55-,58+,59+,60-/m0/s1. The number of amides is 13. The number of nitrogens with two attached hydrogens (primary N) is 3. The van der Waals surface area contributed by atoms with E-state index in [0.29, 0.717) is 28.5 Å².